The molecule has 1 aromatic heterocycles. The zero-order chi connectivity index (χ0) is 14.6. The molecule has 0 radical (unpaired) electrons. The van der Waals surface area contributed by atoms with E-state index in [0.717, 1.165) is 13.0 Å². The summed E-state index contributed by atoms with van der Waals surface area (Å²) in [5.41, 5.74) is 1.25. The highest BCUT2D eigenvalue weighted by Crippen LogP contribution is 2.32. The van der Waals surface area contributed by atoms with Crippen molar-refractivity contribution in [3.05, 3.63) is 11.9 Å². The van der Waals surface area contributed by atoms with Gasteiger partial charge in [0.25, 0.3) is 0 Å². The molecule has 0 saturated carbocycles. The van der Waals surface area contributed by atoms with Crippen molar-refractivity contribution < 1.29 is 0 Å². The second kappa shape index (κ2) is 6.68. The minimum absolute atomic E-state index is 0.0745. The second-order valence-electron chi connectivity index (χ2n) is 6.37. The van der Waals surface area contributed by atoms with Crippen LogP contribution in [0.5, 0.6) is 0 Å². The standard InChI is InChI=1S/C15H29N5/c1-5-9-16-14(13-12-17-18-19(13)4)15(2,3)20-10-7-6-8-11-20/h12,14,16H,5-11H2,1-4H3. The summed E-state index contributed by atoms with van der Waals surface area (Å²) in [5.74, 6) is 0. The van der Waals surface area contributed by atoms with Crippen LogP contribution in [0.15, 0.2) is 6.20 Å². The summed E-state index contributed by atoms with van der Waals surface area (Å²) in [5, 5.41) is 11.9. The average molecular weight is 279 g/mol. The van der Waals surface area contributed by atoms with Crippen molar-refractivity contribution in [3.63, 3.8) is 0 Å². The van der Waals surface area contributed by atoms with Crippen LogP contribution in [0.2, 0.25) is 0 Å². The summed E-state index contributed by atoms with van der Waals surface area (Å²) in [7, 11) is 1.98. The van der Waals surface area contributed by atoms with E-state index in [1.54, 1.807) is 0 Å². The number of piperidine rings is 1. The SMILES string of the molecule is CCCNC(c1cnnn1C)C(C)(C)N1CCCCC1. The number of aromatic nitrogens is 3. The van der Waals surface area contributed by atoms with Gasteiger partial charge in [0.05, 0.1) is 17.9 Å². The lowest BCUT2D eigenvalue weighted by Crippen LogP contribution is -2.54. The largest absolute Gasteiger partial charge is 0.307 e. The Labute approximate surface area is 122 Å². The minimum atomic E-state index is 0.0745. The van der Waals surface area contributed by atoms with Crippen LogP contribution >= 0.6 is 0 Å². The monoisotopic (exact) mass is 279 g/mol. The predicted octanol–water partition coefficient (Wildman–Crippen LogP) is 2.12. The average Bonchev–Trinajstić information content (AvgIpc) is 2.86. The van der Waals surface area contributed by atoms with E-state index in [2.05, 4.69) is 41.3 Å². The number of hydrogen-bond donors (Lipinski definition) is 1. The molecule has 0 bridgehead atoms. The topological polar surface area (TPSA) is 46.0 Å². The van der Waals surface area contributed by atoms with Crippen LogP contribution < -0.4 is 5.32 Å². The van der Waals surface area contributed by atoms with Crippen LogP contribution in [0.1, 0.15) is 58.2 Å². The Kier molecular flexibility index (Phi) is 5.16. The van der Waals surface area contributed by atoms with E-state index >= 15 is 0 Å². The fraction of sp³-hybridized carbons (Fsp3) is 0.867. The van der Waals surface area contributed by atoms with Crippen LogP contribution in [0.4, 0.5) is 0 Å². The van der Waals surface area contributed by atoms with Crippen molar-refractivity contribution in [1.29, 1.82) is 0 Å². The van der Waals surface area contributed by atoms with Gasteiger partial charge in [-0.1, -0.05) is 18.6 Å². The maximum absolute atomic E-state index is 4.11. The normalized spacial score (nSPS) is 19.2. The lowest BCUT2D eigenvalue weighted by Gasteiger charge is -2.46. The molecule has 0 aromatic carbocycles. The predicted molar refractivity (Wildman–Crippen MR) is 81.5 cm³/mol. The summed E-state index contributed by atoms with van der Waals surface area (Å²) in [6.45, 7) is 10.3. The zero-order valence-electron chi connectivity index (χ0n) is 13.4. The molecule has 1 aliphatic heterocycles. The molecular formula is C15H29N5. The molecule has 5 nitrogen and oxygen atoms in total. The van der Waals surface area contributed by atoms with Crippen molar-refractivity contribution in [2.24, 2.45) is 7.05 Å². The van der Waals surface area contributed by atoms with Gasteiger partial charge in [-0.3, -0.25) is 9.58 Å². The van der Waals surface area contributed by atoms with Crippen molar-refractivity contribution in [2.45, 2.75) is 58.0 Å². The van der Waals surface area contributed by atoms with E-state index in [1.165, 1.54) is 38.0 Å². The van der Waals surface area contributed by atoms with Crippen molar-refractivity contribution >= 4 is 0 Å². The number of nitrogens with zero attached hydrogens (tertiary/aromatic N) is 4. The van der Waals surface area contributed by atoms with E-state index in [0.29, 0.717) is 0 Å². The Morgan fingerprint density at radius 2 is 2.00 bits per heavy atom. The molecule has 20 heavy (non-hydrogen) atoms. The first-order valence-corrected chi connectivity index (χ1v) is 7.90. The Hall–Kier alpha value is -0.940. The molecule has 0 spiro atoms. The minimum Gasteiger partial charge on any atom is -0.307 e. The van der Waals surface area contributed by atoms with E-state index in [4.69, 9.17) is 0 Å². The van der Waals surface area contributed by atoms with Gasteiger partial charge in [0.1, 0.15) is 0 Å². The molecule has 0 aliphatic carbocycles. The molecule has 1 N–H and O–H groups in total. The Morgan fingerprint density at radius 3 is 2.55 bits per heavy atom. The van der Waals surface area contributed by atoms with Gasteiger partial charge in [-0.15, -0.1) is 5.10 Å². The number of rotatable bonds is 6. The molecule has 5 heteroatoms. The van der Waals surface area contributed by atoms with Gasteiger partial charge in [-0.05, 0) is 52.7 Å². The molecule has 114 valence electrons. The van der Waals surface area contributed by atoms with E-state index in [-0.39, 0.29) is 11.6 Å². The van der Waals surface area contributed by atoms with Gasteiger partial charge >= 0.3 is 0 Å². The van der Waals surface area contributed by atoms with Gasteiger partial charge in [-0.2, -0.15) is 0 Å². The molecule has 1 fully saturated rings. The molecule has 1 saturated heterocycles. The molecular weight excluding hydrogens is 250 g/mol. The quantitative estimate of drug-likeness (QED) is 0.866. The number of hydrogen-bond acceptors (Lipinski definition) is 4. The van der Waals surface area contributed by atoms with Gasteiger partial charge in [-0.25, -0.2) is 0 Å². The maximum atomic E-state index is 4.11. The third kappa shape index (κ3) is 3.20. The zero-order valence-corrected chi connectivity index (χ0v) is 13.4. The summed E-state index contributed by atoms with van der Waals surface area (Å²) < 4.78 is 1.90. The maximum Gasteiger partial charge on any atom is 0.0771 e. The summed E-state index contributed by atoms with van der Waals surface area (Å²) in [6.07, 6.45) is 7.03. The van der Waals surface area contributed by atoms with E-state index in [9.17, 15) is 0 Å². The van der Waals surface area contributed by atoms with Crippen LogP contribution in [-0.2, 0) is 7.05 Å². The molecule has 1 atom stereocenters. The van der Waals surface area contributed by atoms with Gasteiger partial charge < -0.3 is 5.32 Å². The molecule has 1 aromatic rings. The molecule has 1 unspecified atom stereocenters. The second-order valence-corrected chi connectivity index (χ2v) is 6.37. The van der Waals surface area contributed by atoms with Crippen LogP contribution in [-0.4, -0.2) is 45.1 Å². The highest BCUT2D eigenvalue weighted by atomic mass is 15.4. The van der Waals surface area contributed by atoms with Crippen LogP contribution in [0.25, 0.3) is 0 Å². The van der Waals surface area contributed by atoms with E-state index in [1.807, 2.05) is 17.9 Å². The number of nitrogens with one attached hydrogen (secondary N) is 1. The number of aryl methyl sites for hydroxylation is 1. The van der Waals surface area contributed by atoms with Gasteiger partial charge in [0.15, 0.2) is 0 Å². The summed E-state index contributed by atoms with van der Waals surface area (Å²) in [6, 6.07) is 0.264. The van der Waals surface area contributed by atoms with Crippen molar-refractivity contribution in [2.75, 3.05) is 19.6 Å². The molecule has 0 amide bonds. The number of likely N-dealkylation sites (tertiary alicyclic amines) is 1. The fourth-order valence-electron chi connectivity index (χ4n) is 3.22. The lowest BCUT2D eigenvalue weighted by molar-refractivity contribution is 0.0582. The lowest BCUT2D eigenvalue weighted by atomic mass is 9.88. The van der Waals surface area contributed by atoms with E-state index < -0.39 is 0 Å². The van der Waals surface area contributed by atoms with Gasteiger partial charge in [0, 0.05) is 12.6 Å². The van der Waals surface area contributed by atoms with Crippen LogP contribution in [0, 0.1) is 0 Å². The smallest absolute Gasteiger partial charge is 0.0771 e. The fourth-order valence-corrected chi connectivity index (χ4v) is 3.22. The third-order valence-electron chi connectivity index (χ3n) is 4.52. The molecule has 2 rings (SSSR count). The van der Waals surface area contributed by atoms with Crippen molar-refractivity contribution in [3.8, 4) is 0 Å². The Balaban J connectivity index is 2.22. The Bertz CT molecular complexity index is 406. The Morgan fingerprint density at radius 1 is 1.30 bits per heavy atom. The summed E-state index contributed by atoms with van der Waals surface area (Å²) >= 11 is 0. The molecule has 1 aliphatic rings. The first kappa shape index (κ1) is 15.4. The van der Waals surface area contributed by atoms with Crippen LogP contribution in [0.3, 0.4) is 0 Å². The third-order valence-corrected chi connectivity index (χ3v) is 4.52. The first-order chi connectivity index (χ1) is 9.57. The van der Waals surface area contributed by atoms with Gasteiger partial charge in [0.2, 0.25) is 0 Å². The molecule has 2 heterocycles. The van der Waals surface area contributed by atoms with Crippen molar-refractivity contribution in [1.82, 2.24) is 25.2 Å². The highest BCUT2D eigenvalue weighted by molar-refractivity contribution is 5.11. The highest BCUT2D eigenvalue weighted by Gasteiger charge is 2.38. The summed E-state index contributed by atoms with van der Waals surface area (Å²) in [4.78, 5) is 2.62. The first-order valence-electron chi connectivity index (χ1n) is 7.90.